The summed E-state index contributed by atoms with van der Waals surface area (Å²) in [5.41, 5.74) is 2.18. The Balaban J connectivity index is 3.00. The van der Waals surface area contributed by atoms with E-state index in [1.165, 1.54) is 0 Å². The molecule has 0 saturated heterocycles. The summed E-state index contributed by atoms with van der Waals surface area (Å²) in [6, 6.07) is 5.85. The van der Waals surface area contributed by atoms with Gasteiger partial charge in [-0.25, -0.2) is 0 Å². The van der Waals surface area contributed by atoms with Gasteiger partial charge in [0.2, 0.25) is 0 Å². The number of rotatable bonds is 4. The molecule has 0 amide bonds. The monoisotopic (exact) mass is 178 g/mol. The molecule has 0 atom stereocenters. The molecule has 70 valence electrons. The van der Waals surface area contributed by atoms with Crippen LogP contribution in [0.1, 0.15) is 11.1 Å². The second kappa shape index (κ2) is 4.67. The largest absolute Gasteiger partial charge is 0.497 e. The first-order valence-corrected chi connectivity index (χ1v) is 4.10. The molecular formula is C11H14O2. The van der Waals surface area contributed by atoms with Crippen LogP contribution in [0.2, 0.25) is 0 Å². The molecular weight excluding hydrogens is 164 g/mol. The van der Waals surface area contributed by atoms with E-state index in [0.29, 0.717) is 6.61 Å². The van der Waals surface area contributed by atoms with Crippen molar-refractivity contribution >= 4 is 6.08 Å². The van der Waals surface area contributed by atoms with Crippen molar-refractivity contribution in [3.8, 4) is 5.75 Å². The van der Waals surface area contributed by atoms with Gasteiger partial charge in [-0.2, -0.15) is 0 Å². The third kappa shape index (κ3) is 2.33. The quantitative estimate of drug-likeness (QED) is 0.705. The molecule has 0 aliphatic carbocycles. The van der Waals surface area contributed by atoms with Crippen molar-refractivity contribution in [3.05, 3.63) is 35.9 Å². The first-order chi connectivity index (χ1) is 6.31. The molecule has 0 radical (unpaired) electrons. The highest BCUT2D eigenvalue weighted by Crippen LogP contribution is 2.19. The lowest BCUT2D eigenvalue weighted by Gasteiger charge is -2.07. The van der Waals surface area contributed by atoms with Crippen molar-refractivity contribution < 1.29 is 9.47 Å². The van der Waals surface area contributed by atoms with Crippen molar-refractivity contribution in [1.82, 2.24) is 0 Å². The molecule has 13 heavy (non-hydrogen) atoms. The highest BCUT2D eigenvalue weighted by Gasteiger charge is 2.00. The van der Waals surface area contributed by atoms with Gasteiger partial charge in [0.05, 0.1) is 13.7 Å². The SMILES string of the molecule is C=Cc1cc(OC)ccc1COC. The van der Waals surface area contributed by atoms with Crippen LogP contribution in [-0.4, -0.2) is 14.2 Å². The zero-order chi connectivity index (χ0) is 9.68. The smallest absolute Gasteiger partial charge is 0.119 e. The molecule has 0 bridgehead atoms. The Morgan fingerprint density at radius 3 is 2.69 bits per heavy atom. The van der Waals surface area contributed by atoms with E-state index in [4.69, 9.17) is 9.47 Å². The second-order valence-electron chi connectivity index (χ2n) is 2.70. The maximum atomic E-state index is 5.10. The summed E-state index contributed by atoms with van der Waals surface area (Å²) < 4.78 is 10.2. The summed E-state index contributed by atoms with van der Waals surface area (Å²) in [7, 11) is 3.33. The van der Waals surface area contributed by atoms with Gasteiger partial charge in [-0.1, -0.05) is 18.7 Å². The number of benzene rings is 1. The van der Waals surface area contributed by atoms with Gasteiger partial charge < -0.3 is 9.47 Å². The van der Waals surface area contributed by atoms with Gasteiger partial charge in [0.15, 0.2) is 0 Å². The van der Waals surface area contributed by atoms with Gasteiger partial charge in [0, 0.05) is 7.11 Å². The van der Waals surface area contributed by atoms with E-state index in [9.17, 15) is 0 Å². The highest BCUT2D eigenvalue weighted by molar-refractivity contribution is 5.54. The minimum Gasteiger partial charge on any atom is -0.497 e. The Morgan fingerprint density at radius 1 is 1.38 bits per heavy atom. The maximum absolute atomic E-state index is 5.10. The molecule has 1 aromatic rings. The zero-order valence-electron chi connectivity index (χ0n) is 8.04. The summed E-state index contributed by atoms with van der Waals surface area (Å²) in [6.07, 6.45) is 1.80. The summed E-state index contributed by atoms with van der Waals surface area (Å²) in [6.45, 7) is 4.34. The molecule has 0 aliphatic rings. The van der Waals surface area contributed by atoms with Crippen molar-refractivity contribution in [2.75, 3.05) is 14.2 Å². The fraction of sp³-hybridized carbons (Fsp3) is 0.273. The first kappa shape index (κ1) is 9.81. The Morgan fingerprint density at radius 2 is 2.15 bits per heavy atom. The van der Waals surface area contributed by atoms with Crippen LogP contribution >= 0.6 is 0 Å². The topological polar surface area (TPSA) is 18.5 Å². The Kier molecular flexibility index (Phi) is 3.53. The van der Waals surface area contributed by atoms with Gasteiger partial charge in [-0.3, -0.25) is 0 Å². The van der Waals surface area contributed by atoms with Gasteiger partial charge in [-0.05, 0) is 23.3 Å². The standard InChI is InChI=1S/C11H14O2/c1-4-9-7-11(13-3)6-5-10(9)8-12-2/h4-7H,1,8H2,2-3H3. The van der Waals surface area contributed by atoms with Crippen molar-refractivity contribution in [2.45, 2.75) is 6.61 Å². The van der Waals surface area contributed by atoms with Crippen LogP contribution in [0.3, 0.4) is 0 Å². The Bertz CT molecular complexity index is 292. The summed E-state index contributed by atoms with van der Waals surface area (Å²) >= 11 is 0. The molecule has 1 rings (SSSR count). The number of hydrogen-bond acceptors (Lipinski definition) is 2. The van der Waals surface area contributed by atoms with Crippen molar-refractivity contribution in [2.24, 2.45) is 0 Å². The summed E-state index contributed by atoms with van der Waals surface area (Å²) in [5.74, 6) is 0.842. The molecule has 2 heteroatoms. The molecule has 1 aromatic carbocycles. The number of hydrogen-bond donors (Lipinski definition) is 0. The van der Waals surface area contributed by atoms with Gasteiger partial charge >= 0.3 is 0 Å². The third-order valence-corrected chi connectivity index (χ3v) is 1.87. The van der Waals surface area contributed by atoms with Gasteiger partial charge in [0.25, 0.3) is 0 Å². The molecule has 0 heterocycles. The minimum absolute atomic E-state index is 0.603. The van der Waals surface area contributed by atoms with E-state index in [-0.39, 0.29) is 0 Å². The molecule has 2 nitrogen and oxygen atoms in total. The number of ether oxygens (including phenoxy) is 2. The van der Waals surface area contributed by atoms with Gasteiger partial charge in [0.1, 0.15) is 5.75 Å². The predicted molar refractivity (Wildman–Crippen MR) is 53.8 cm³/mol. The predicted octanol–water partition coefficient (Wildman–Crippen LogP) is 2.48. The van der Waals surface area contributed by atoms with E-state index >= 15 is 0 Å². The molecule has 0 fully saturated rings. The minimum atomic E-state index is 0.603. The van der Waals surface area contributed by atoms with Crippen LogP contribution < -0.4 is 4.74 Å². The van der Waals surface area contributed by atoms with E-state index in [1.54, 1.807) is 20.3 Å². The molecule has 0 N–H and O–H groups in total. The fourth-order valence-electron chi connectivity index (χ4n) is 1.18. The third-order valence-electron chi connectivity index (χ3n) is 1.87. The van der Waals surface area contributed by atoms with E-state index in [2.05, 4.69) is 6.58 Å². The lowest BCUT2D eigenvalue weighted by molar-refractivity contribution is 0.184. The van der Waals surface area contributed by atoms with Crippen LogP contribution in [0.25, 0.3) is 6.08 Å². The molecule has 0 saturated carbocycles. The normalized spacial score (nSPS) is 9.69. The average Bonchev–Trinajstić information content (AvgIpc) is 2.19. The summed E-state index contributed by atoms with van der Waals surface area (Å²) in [5, 5.41) is 0. The molecule has 0 spiro atoms. The lowest BCUT2D eigenvalue weighted by Crippen LogP contribution is -1.92. The van der Waals surface area contributed by atoms with Crippen LogP contribution in [-0.2, 0) is 11.3 Å². The maximum Gasteiger partial charge on any atom is 0.119 e. The molecule has 0 aliphatic heterocycles. The van der Waals surface area contributed by atoms with Crippen LogP contribution in [0.15, 0.2) is 24.8 Å². The first-order valence-electron chi connectivity index (χ1n) is 4.10. The Hall–Kier alpha value is -1.28. The number of methoxy groups -OCH3 is 2. The highest BCUT2D eigenvalue weighted by atomic mass is 16.5. The molecule has 0 unspecified atom stereocenters. The second-order valence-corrected chi connectivity index (χ2v) is 2.70. The van der Waals surface area contributed by atoms with Crippen LogP contribution in [0.5, 0.6) is 5.75 Å². The Labute approximate surface area is 78.8 Å². The van der Waals surface area contributed by atoms with Gasteiger partial charge in [-0.15, -0.1) is 0 Å². The fourth-order valence-corrected chi connectivity index (χ4v) is 1.18. The molecule has 0 aromatic heterocycles. The average molecular weight is 178 g/mol. The van der Waals surface area contributed by atoms with Crippen molar-refractivity contribution in [1.29, 1.82) is 0 Å². The lowest BCUT2D eigenvalue weighted by atomic mass is 10.1. The van der Waals surface area contributed by atoms with Crippen LogP contribution in [0, 0.1) is 0 Å². The van der Waals surface area contributed by atoms with E-state index in [0.717, 1.165) is 16.9 Å². The van der Waals surface area contributed by atoms with Crippen molar-refractivity contribution in [3.63, 3.8) is 0 Å². The van der Waals surface area contributed by atoms with E-state index in [1.807, 2.05) is 18.2 Å². The zero-order valence-corrected chi connectivity index (χ0v) is 8.04. The summed E-state index contributed by atoms with van der Waals surface area (Å²) in [4.78, 5) is 0. The van der Waals surface area contributed by atoms with E-state index < -0.39 is 0 Å². The van der Waals surface area contributed by atoms with Crippen LogP contribution in [0.4, 0.5) is 0 Å².